The lowest BCUT2D eigenvalue weighted by Gasteiger charge is -2.35. The molecule has 116 valence electrons. The number of likely N-dealkylation sites (N-methyl/N-ethyl adjacent to an activating group) is 1. The molecule has 3 N–H and O–H groups in total. The van der Waals surface area contributed by atoms with E-state index in [9.17, 15) is 18.0 Å². The Morgan fingerprint density at radius 2 is 2.14 bits per heavy atom. The van der Waals surface area contributed by atoms with Crippen molar-refractivity contribution in [3.63, 3.8) is 0 Å². The van der Waals surface area contributed by atoms with Gasteiger partial charge in [0.15, 0.2) is 5.69 Å². The summed E-state index contributed by atoms with van der Waals surface area (Å²) in [6.45, 7) is 0.450. The van der Waals surface area contributed by atoms with E-state index in [0.717, 1.165) is 18.9 Å². The number of hydrogen-bond donors (Lipinski definition) is 2. The number of nitrogens with zero attached hydrogens (tertiary/aromatic N) is 3. The number of nitrogens with one attached hydrogen (secondary N) is 1. The molecule has 2 rings (SSSR count). The number of piperidine rings is 1. The largest absolute Gasteiger partial charge is 0.433 e. The fourth-order valence-corrected chi connectivity index (χ4v) is 2.39. The fourth-order valence-electron chi connectivity index (χ4n) is 2.39. The van der Waals surface area contributed by atoms with Crippen LogP contribution < -0.4 is 16.0 Å². The van der Waals surface area contributed by atoms with Gasteiger partial charge in [-0.1, -0.05) is 0 Å². The number of carbonyl (C=O) groups excluding carboxylic acids is 1. The number of alkyl halides is 3. The van der Waals surface area contributed by atoms with Gasteiger partial charge in [-0.3, -0.25) is 4.79 Å². The monoisotopic (exact) mass is 303 g/mol. The van der Waals surface area contributed by atoms with Crippen LogP contribution in [-0.4, -0.2) is 35.5 Å². The summed E-state index contributed by atoms with van der Waals surface area (Å²) in [6.07, 6.45) is -2.44. The Hall–Kier alpha value is -2.06. The van der Waals surface area contributed by atoms with Crippen LogP contribution >= 0.6 is 0 Å². The van der Waals surface area contributed by atoms with Gasteiger partial charge in [-0.25, -0.2) is 4.98 Å². The zero-order valence-electron chi connectivity index (χ0n) is 11.4. The molecule has 1 aliphatic rings. The van der Waals surface area contributed by atoms with E-state index in [0.29, 0.717) is 13.0 Å². The molecule has 1 aromatic heterocycles. The Bertz CT molecular complexity index is 534. The lowest BCUT2D eigenvalue weighted by Crippen LogP contribution is -2.49. The quantitative estimate of drug-likeness (QED) is 0.857. The summed E-state index contributed by atoms with van der Waals surface area (Å²) in [5.41, 5.74) is 4.26. The number of nitrogens with two attached hydrogens (primary N) is 1. The van der Waals surface area contributed by atoms with Gasteiger partial charge in [0.25, 0.3) is 0 Å². The highest BCUT2D eigenvalue weighted by molar-refractivity contribution is 5.85. The van der Waals surface area contributed by atoms with Gasteiger partial charge in [-0.2, -0.15) is 18.2 Å². The summed E-state index contributed by atoms with van der Waals surface area (Å²) in [7, 11) is 1.49. The average molecular weight is 303 g/mol. The van der Waals surface area contributed by atoms with E-state index >= 15 is 0 Å². The van der Waals surface area contributed by atoms with Gasteiger partial charge in [-0.05, 0) is 19.3 Å². The number of hydrogen-bond acceptors (Lipinski definition) is 5. The molecule has 0 bridgehead atoms. The lowest BCUT2D eigenvalue weighted by atomic mass is 10.0. The first-order valence-electron chi connectivity index (χ1n) is 6.53. The molecule has 0 saturated carbocycles. The van der Waals surface area contributed by atoms with Crippen molar-refractivity contribution >= 4 is 17.7 Å². The second kappa shape index (κ2) is 5.74. The van der Waals surface area contributed by atoms with Crippen molar-refractivity contribution in [1.29, 1.82) is 0 Å². The molecule has 0 radical (unpaired) electrons. The maximum atomic E-state index is 12.8. The minimum Gasteiger partial charge on any atom is -0.368 e. The van der Waals surface area contributed by atoms with Crippen LogP contribution in [0.5, 0.6) is 0 Å². The first kappa shape index (κ1) is 15.3. The topological polar surface area (TPSA) is 84.1 Å². The van der Waals surface area contributed by atoms with E-state index < -0.39 is 23.9 Å². The van der Waals surface area contributed by atoms with E-state index in [1.807, 2.05) is 0 Å². The van der Waals surface area contributed by atoms with Gasteiger partial charge in [0, 0.05) is 19.7 Å². The van der Waals surface area contributed by atoms with Crippen molar-refractivity contribution < 1.29 is 18.0 Å². The van der Waals surface area contributed by atoms with E-state index in [1.165, 1.54) is 7.05 Å². The normalized spacial score (nSPS) is 19.4. The summed E-state index contributed by atoms with van der Waals surface area (Å²) < 4.78 is 38.4. The van der Waals surface area contributed by atoms with Crippen LogP contribution in [0.4, 0.5) is 24.9 Å². The molecule has 1 aliphatic heterocycles. The van der Waals surface area contributed by atoms with E-state index in [4.69, 9.17) is 5.73 Å². The number of anilines is 2. The Morgan fingerprint density at radius 1 is 1.43 bits per heavy atom. The predicted octanol–water partition coefficient (Wildman–Crippen LogP) is 1.18. The Balaban J connectivity index is 2.39. The smallest absolute Gasteiger partial charge is 0.368 e. The van der Waals surface area contributed by atoms with Crippen molar-refractivity contribution in [3.8, 4) is 0 Å². The molecule has 1 fully saturated rings. The van der Waals surface area contributed by atoms with Crippen LogP contribution in [0, 0.1) is 0 Å². The van der Waals surface area contributed by atoms with Gasteiger partial charge in [-0.15, -0.1) is 0 Å². The van der Waals surface area contributed by atoms with Crippen LogP contribution in [0.2, 0.25) is 0 Å². The first-order chi connectivity index (χ1) is 9.82. The molecule has 1 atom stereocenters. The van der Waals surface area contributed by atoms with E-state index in [2.05, 4.69) is 15.3 Å². The van der Waals surface area contributed by atoms with Crippen LogP contribution in [0.3, 0.4) is 0 Å². The Kier molecular flexibility index (Phi) is 4.19. The van der Waals surface area contributed by atoms with Crippen molar-refractivity contribution in [2.75, 3.05) is 24.2 Å². The molecule has 21 heavy (non-hydrogen) atoms. The van der Waals surface area contributed by atoms with Gasteiger partial charge >= 0.3 is 6.18 Å². The molecule has 0 aromatic carbocycles. The molecular formula is C12H16F3N5O. The molecular weight excluding hydrogens is 287 g/mol. The highest BCUT2D eigenvalue weighted by atomic mass is 19.4. The zero-order valence-corrected chi connectivity index (χ0v) is 11.4. The predicted molar refractivity (Wildman–Crippen MR) is 70.5 cm³/mol. The summed E-state index contributed by atoms with van der Waals surface area (Å²) in [6, 6.07) is 0.289. The Morgan fingerprint density at radius 3 is 2.76 bits per heavy atom. The third-order valence-corrected chi connectivity index (χ3v) is 3.37. The van der Waals surface area contributed by atoms with Gasteiger partial charge in [0.05, 0.1) is 0 Å². The molecule has 1 unspecified atom stereocenters. The van der Waals surface area contributed by atoms with Crippen LogP contribution in [0.25, 0.3) is 0 Å². The van der Waals surface area contributed by atoms with Gasteiger partial charge in [0.1, 0.15) is 11.9 Å². The summed E-state index contributed by atoms with van der Waals surface area (Å²) in [5, 5.41) is 2.52. The first-order valence-corrected chi connectivity index (χ1v) is 6.53. The Labute approximate surface area is 119 Å². The van der Waals surface area contributed by atoms with E-state index in [-0.39, 0.29) is 11.7 Å². The second-order valence-corrected chi connectivity index (χ2v) is 4.79. The fraction of sp³-hybridized carbons (Fsp3) is 0.583. The molecule has 0 aliphatic carbocycles. The lowest BCUT2D eigenvalue weighted by molar-refractivity contribution is -0.141. The molecule has 9 heteroatoms. The number of rotatable bonds is 2. The van der Waals surface area contributed by atoms with Crippen LogP contribution in [0.1, 0.15) is 25.0 Å². The van der Waals surface area contributed by atoms with Gasteiger partial charge in [0.2, 0.25) is 11.9 Å². The SMILES string of the molecule is CNC(=O)C1CCCCN1c1cc(C(F)(F)F)nc(N)n1. The molecule has 2 heterocycles. The zero-order chi connectivity index (χ0) is 15.6. The molecule has 0 spiro atoms. The van der Waals surface area contributed by atoms with Crippen molar-refractivity contribution in [3.05, 3.63) is 11.8 Å². The van der Waals surface area contributed by atoms with Crippen LogP contribution in [0.15, 0.2) is 6.07 Å². The molecule has 1 saturated heterocycles. The van der Waals surface area contributed by atoms with Crippen molar-refractivity contribution in [1.82, 2.24) is 15.3 Å². The third kappa shape index (κ3) is 3.34. The van der Waals surface area contributed by atoms with Gasteiger partial charge < -0.3 is 16.0 Å². The standard InChI is InChI=1S/C12H16F3N5O/c1-17-10(21)7-4-2-3-5-20(7)9-6-8(12(13,14)15)18-11(16)19-9/h6-7H,2-5H2,1H3,(H,17,21)(H2,16,18,19). The summed E-state index contributed by atoms with van der Waals surface area (Å²) in [5.74, 6) is -0.676. The maximum absolute atomic E-state index is 12.8. The number of amides is 1. The summed E-state index contributed by atoms with van der Waals surface area (Å²) >= 11 is 0. The highest BCUT2D eigenvalue weighted by Gasteiger charge is 2.36. The maximum Gasteiger partial charge on any atom is 0.433 e. The number of carbonyl (C=O) groups is 1. The van der Waals surface area contributed by atoms with Crippen LogP contribution in [-0.2, 0) is 11.0 Å². The minimum absolute atomic E-state index is 0.0307. The third-order valence-electron chi connectivity index (χ3n) is 3.37. The minimum atomic E-state index is -4.61. The van der Waals surface area contributed by atoms with Crippen molar-refractivity contribution in [2.24, 2.45) is 0 Å². The highest BCUT2D eigenvalue weighted by Crippen LogP contribution is 2.32. The number of nitrogen functional groups attached to an aromatic ring is 1. The molecule has 6 nitrogen and oxygen atoms in total. The summed E-state index contributed by atoms with van der Waals surface area (Å²) in [4.78, 5) is 20.5. The second-order valence-electron chi connectivity index (χ2n) is 4.79. The number of aromatic nitrogens is 2. The molecule has 1 aromatic rings. The van der Waals surface area contributed by atoms with Crippen molar-refractivity contribution in [2.45, 2.75) is 31.5 Å². The number of halogens is 3. The van der Waals surface area contributed by atoms with E-state index in [1.54, 1.807) is 4.90 Å². The average Bonchev–Trinajstić information content (AvgIpc) is 2.45. The molecule has 1 amide bonds.